The van der Waals surface area contributed by atoms with E-state index in [-0.39, 0.29) is 17.1 Å². The second-order valence-electron chi connectivity index (χ2n) is 5.21. The normalized spacial score (nSPS) is 18.3. The zero-order valence-electron chi connectivity index (χ0n) is 10.8. The molecule has 0 N–H and O–H groups in total. The van der Waals surface area contributed by atoms with Crippen molar-refractivity contribution in [3.63, 3.8) is 0 Å². The highest BCUT2D eigenvalue weighted by atomic mass is 16.1. The number of ketones is 1. The van der Waals surface area contributed by atoms with Crippen molar-refractivity contribution in [2.75, 3.05) is 0 Å². The Balaban J connectivity index is 2.01. The van der Waals surface area contributed by atoms with E-state index in [1.807, 2.05) is 36.4 Å². The molecule has 0 amide bonds. The first kappa shape index (κ1) is 12.6. The minimum absolute atomic E-state index is 0.0576. The molecule has 0 spiro atoms. The molecule has 1 aliphatic carbocycles. The third-order valence-corrected chi connectivity index (χ3v) is 3.02. The Morgan fingerprint density at radius 2 is 1.72 bits per heavy atom. The van der Waals surface area contributed by atoms with Crippen LogP contribution >= 0.6 is 0 Å². The molecule has 1 heteroatoms. The van der Waals surface area contributed by atoms with Crippen molar-refractivity contribution in [2.24, 2.45) is 11.3 Å². The quantitative estimate of drug-likeness (QED) is 0.438. The fourth-order valence-corrected chi connectivity index (χ4v) is 1.86. The molecule has 1 aromatic rings. The Morgan fingerprint density at radius 1 is 1.11 bits per heavy atom. The van der Waals surface area contributed by atoms with Crippen molar-refractivity contribution in [3.05, 3.63) is 72.4 Å². The van der Waals surface area contributed by atoms with Gasteiger partial charge in [-0.05, 0) is 6.08 Å². The molecule has 1 nitrogen and oxygen atoms in total. The van der Waals surface area contributed by atoms with Crippen LogP contribution in [0, 0.1) is 11.3 Å². The molecule has 0 heterocycles. The summed E-state index contributed by atoms with van der Waals surface area (Å²) in [6, 6.07) is 9.34. The van der Waals surface area contributed by atoms with Crippen LogP contribution < -0.4 is 0 Å². The van der Waals surface area contributed by atoms with Gasteiger partial charge >= 0.3 is 0 Å². The summed E-state index contributed by atoms with van der Waals surface area (Å²) in [6.07, 6.45) is 12.2. The smallest absolute Gasteiger partial charge is 0.185 e. The molecule has 0 aliphatic heterocycles. The fourth-order valence-electron chi connectivity index (χ4n) is 1.86. The molecule has 0 unspecified atom stereocenters. The number of hydrogen-bond donors (Lipinski definition) is 0. The summed E-state index contributed by atoms with van der Waals surface area (Å²) in [6.45, 7) is 4.32. The minimum Gasteiger partial charge on any atom is -0.289 e. The van der Waals surface area contributed by atoms with Gasteiger partial charge in [-0.3, -0.25) is 4.79 Å². The van der Waals surface area contributed by atoms with Gasteiger partial charge in [-0.25, -0.2) is 0 Å². The Bertz CT molecular complexity index is 488. The molecule has 0 saturated carbocycles. The van der Waals surface area contributed by atoms with Gasteiger partial charge in [-0.15, -0.1) is 0 Å². The van der Waals surface area contributed by atoms with Gasteiger partial charge in [0, 0.05) is 16.9 Å². The molecular formula is C17H18O. The van der Waals surface area contributed by atoms with Gasteiger partial charge in [0.2, 0.25) is 0 Å². The Kier molecular flexibility index (Phi) is 3.61. The highest BCUT2D eigenvalue weighted by molar-refractivity contribution is 6.04. The van der Waals surface area contributed by atoms with Crippen LogP contribution in [0.3, 0.4) is 0 Å². The van der Waals surface area contributed by atoms with Crippen LogP contribution in [0.5, 0.6) is 0 Å². The topological polar surface area (TPSA) is 17.1 Å². The summed E-state index contributed by atoms with van der Waals surface area (Å²) in [7, 11) is 0. The summed E-state index contributed by atoms with van der Waals surface area (Å²) in [5.41, 5.74) is 0.867. The largest absolute Gasteiger partial charge is 0.289 e. The first-order chi connectivity index (χ1) is 8.57. The van der Waals surface area contributed by atoms with E-state index in [0.29, 0.717) is 0 Å². The van der Waals surface area contributed by atoms with Gasteiger partial charge in [0.1, 0.15) is 0 Å². The summed E-state index contributed by atoms with van der Waals surface area (Å²) in [4.78, 5) is 11.9. The van der Waals surface area contributed by atoms with Crippen LogP contribution in [-0.4, -0.2) is 5.78 Å². The van der Waals surface area contributed by atoms with Crippen LogP contribution in [0.1, 0.15) is 24.2 Å². The summed E-state index contributed by atoms with van der Waals surface area (Å²) >= 11 is 0. The van der Waals surface area contributed by atoms with Crippen LogP contribution in [0.25, 0.3) is 0 Å². The number of benzene rings is 1. The van der Waals surface area contributed by atoms with Gasteiger partial charge < -0.3 is 0 Å². The van der Waals surface area contributed by atoms with Gasteiger partial charge in [0.25, 0.3) is 0 Å². The molecule has 0 fully saturated rings. The summed E-state index contributed by atoms with van der Waals surface area (Å²) in [5, 5.41) is 0. The Morgan fingerprint density at radius 3 is 2.33 bits per heavy atom. The molecule has 0 radical (unpaired) electrons. The van der Waals surface area contributed by atoms with Crippen molar-refractivity contribution in [1.82, 2.24) is 0 Å². The van der Waals surface area contributed by atoms with Crippen molar-refractivity contribution < 1.29 is 4.79 Å². The van der Waals surface area contributed by atoms with E-state index < -0.39 is 0 Å². The van der Waals surface area contributed by atoms with Gasteiger partial charge in [0.15, 0.2) is 5.78 Å². The monoisotopic (exact) mass is 238 g/mol. The predicted octanol–water partition coefficient (Wildman–Crippen LogP) is 4.19. The maximum atomic E-state index is 11.9. The molecule has 2 rings (SSSR count). The second-order valence-corrected chi connectivity index (χ2v) is 5.21. The van der Waals surface area contributed by atoms with Crippen molar-refractivity contribution >= 4 is 5.78 Å². The van der Waals surface area contributed by atoms with Crippen molar-refractivity contribution in [3.8, 4) is 0 Å². The lowest BCUT2D eigenvalue weighted by Crippen LogP contribution is -2.08. The zero-order chi connectivity index (χ0) is 13.0. The molecule has 0 atom stereocenters. The number of hydrogen-bond acceptors (Lipinski definition) is 1. The number of allylic oxidation sites excluding steroid dienone is 6. The summed E-state index contributed by atoms with van der Waals surface area (Å²) < 4.78 is 0. The van der Waals surface area contributed by atoms with E-state index in [4.69, 9.17) is 0 Å². The maximum Gasteiger partial charge on any atom is 0.185 e. The van der Waals surface area contributed by atoms with E-state index in [0.717, 1.165) is 5.56 Å². The average Bonchev–Trinajstić information content (AvgIpc) is 2.38. The third kappa shape index (κ3) is 3.30. The molecule has 1 aromatic carbocycles. The molecular weight excluding hydrogens is 220 g/mol. The summed E-state index contributed by atoms with van der Waals surface area (Å²) in [5.74, 6) is 0.285. The van der Waals surface area contributed by atoms with Gasteiger partial charge in [0.05, 0.1) is 0 Å². The Labute approximate surface area is 109 Å². The fraction of sp³-hybridized carbons (Fsp3) is 0.235. The van der Waals surface area contributed by atoms with Crippen molar-refractivity contribution in [2.45, 2.75) is 13.8 Å². The van der Waals surface area contributed by atoms with Crippen molar-refractivity contribution in [1.29, 1.82) is 0 Å². The second kappa shape index (κ2) is 5.18. The van der Waals surface area contributed by atoms with E-state index in [9.17, 15) is 4.79 Å². The average molecular weight is 238 g/mol. The number of carbonyl (C=O) groups excluding carboxylic acids is 1. The lowest BCUT2D eigenvalue weighted by Gasteiger charge is -2.20. The van der Waals surface area contributed by atoms with Gasteiger partial charge in [-0.1, -0.05) is 74.6 Å². The first-order valence-corrected chi connectivity index (χ1v) is 6.23. The lowest BCUT2D eigenvalue weighted by atomic mass is 9.85. The third-order valence-electron chi connectivity index (χ3n) is 3.02. The molecule has 0 bridgehead atoms. The minimum atomic E-state index is 0.0576. The molecule has 0 aromatic heterocycles. The molecule has 18 heavy (non-hydrogen) atoms. The van der Waals surface area contributed by atoms with Crippen LogP contribution in [0.15, 0.2) is 66.8 Å². The predicted molar refractivity (Wildman–Crippen MR) is 75.5 cm³/mol. The van der Waals surface area contributed by atoms with Crippen LogP contribution in [0.4, 0.5) is 0 Å². The maximum absolute atomic E-state index is 11.9. The molecule has 1 aliphatic rings. The molecule has 92 valence electrons. The van der Waals surface area contributed by atoms with E-state index >= 15 is 0 Å². The number of rotatable bonds is 3. The SMILES string of the molecule is CC1(C)C=CC(/C=C/C(=O)c2ccccc2)C=C1. The highest BCUT2D eigenvalue weighted by Crippen LogP contribution is 2.26. The highest BCUT2D eigenvalue weighted by Gasteiger charge is 2.13. The first-order valence-electron chi connectivity index (χ1n) is 6.23. The van der Waals surface area contributed by atoms with E-state index in [2.05, 4.69) is 38.2 Å². The van der Waals surface area contributed by atoms with Crippen LogP contribution in [0.2, 0.25) is 0 Å². The lowest BCUT2D eigenvalue weighted by molar-refractivity contribution is 0.104. The van der Waals surface area contributed by atoms with E-state index in [1.54, 1.807) is 6.08 Å². The van der Waals surface area contributed by atoms with E-state index in [1.165, 1.54) is 0 Å². The number of carbonyl (C=O) groups is 1. The standard InChI is InChI=1S/C17H18O/c1-17(2)12-10-14(11-13-17)8-9-16(18)15-6-4-3-5-7-15/h3-14H,1-2H3/b9-8+. The Hall–Kier alpha value is -1.89. The zero-order valence-corrected chi connectivity index (χ0v) is 10.8. The molecule has 0 saturated heterocycles. The van der Waals surface area contributed by atoms with Gasteiger partial charge in [-0.2, -0.15) is 0 Å². The van der Waals surface area contributed by atoms with Crippen LogP contribution in [-0.2, 0) is 0 Å².